The second-order valence-corrected chi connectivity index (χ2v) is 7.84. The van der Waals surface area contributed by atoms with E-state index in [0.717, 1.165) is 37.7 Å². The van der Waals surface area contributed by atoms with Crippen LogP contribution in [-0.2, 0) is 11.8 Å². The second kappa shape index (κ2) is 8.11. The monoisotopic (exact) mass is 389 g/mol. The van der Waals surface area contributed by atoms with Gasteiger partial charge < -0.3 is 9.88 Å². The molecule has 1 aliphatic rings. The van der Waals surface area contributed by atoms with E-state index in [2.05, 4.69) is 21.6 Å². The first-order valence-electron chi connectivity index (χ1n) is 8.53. The van der Waals surface area contributed by atoms with Gasteiger partial charge in [-0.3, -0.25) is 4.79 Å². The first kappa shape index (κ1) is 18.7. The first-order chi connectivity index (χ1) is 12.5. The Kier molecular flexibility index (Phi) is 5.84. The molecule has 0 atom stereocenters. The van der Waals surface area contributed by atoms with E-state index in [1.165, 1.54) is 11.8 Å². The average Bonchev–Trinajstić information content (AvgIpc) is 3.02. The molecule has 0 spiro atoms. The molecule has 1 aromatic heterocycles. The highest BCUT2D eigenvalue weighted by Gasteiger charge is 2.33. The molecule has 1 N–H and O–H groups in total. The molecule has 0 bridgehead atoms. The van der Waals surface area contributed by atoms with E-state index in [1.54, 1.807) is 12.1 Å². The third kappa shape index (κ3) is 4.19. The molecule has 1 amide bonds. The standard InChI is InChI=1S/C18H20ClN5OS/c1-24-16(13-5-7-14(19)8-6-13)22-23-17(24)26-11-15(25)21-18(12-20)9-3-2-4-10-18/h5-8H,2-4,9-11H2,1H3,(H,21,25). The lowest BCUT2D eigenvalue weighted by Gasteiger charge is -2.31. The van der Waals surface area contributed by atoms with Crippen molar-refractivity contribution in [1.29, 1.82) is 5.26 Å². The number of amides is 1. The average molecular weight is 390 g/mol. The fraction of sp³-hybridized carbons (Fsp3) is 0.444. The van der Waals surface area contributed by atoms with Crippen LogP contribution >= 0.6 is 23.4 Å². The summed E-state index contributed by atoms with van der Waals surface area (Å²) in [6, 6.07) is 9.67. The van der Waals surface area contributed by atoms with E-state index in [0.29, 0.717) is 16.0 Å². The van der Waals surface area contributed by atoms with Gasteiger partial charge >= 0.3 is 0 Å². The quantitative estimate of drug-likeness (QED) is 0.790. The van der Waals surface area contributed by atoms with Gasteiger partial charge in [-0.05, 0) is 37.1 Å². The molecule has 2 aromatic rings. The summed E-state index contributed by atoms with van der Waals surface area (Å²) in [5.74, 6) is 0.774. The minimum atomic E-state index is -0.704. The van der Waals surface area contributed by atoms with Crippen LogP contribution in [0.15, 0.2) is 29.4 Å². The van der Waals surface area contributed by atoms with Crippen LogP contribution in [0.2, 0.25) is 5.02 Å². The van der Waals surface area contributed by atoms with Crippen LogP contribution in [-0.4, -0.2) is 32.0 Å². The zero-order valence-corrected chi connectivity index (χ0v) is 16.1. The lowest BCUT2D eigenvalue weighted by Crippen LogP contribution is -2.49. The minimum absolute atomic E-state index is 0.144. The molecule has 1 aromatic carbocycles. The SMILES string of the molecule is Cn1c(SCC(=O)NC2(C#N)CCCCC2)nnc1-c1ccc(Cl)cc1. The van der Waals surface area contributed by atoms with Gasteiger partial charge in [0.05, 0.1) is 11.8 Å². The Balaban J connectivity index is 1.62. The number of hydrogen-bond donors (Lipinski definition) is 1. The topological polar surface area (TPSA) is 83.6 Å². The van der Waals surface area contributed by atoms with E-state index < -0.39 is 5.54 Å². The molecule has 0 radical (unpaired) electrons. The van der Waals surface area contributed by atoms with Gasteiger partial charge in [-0.25, -0.2) is 0 Å². The summed E-state index contributed by atoms with van der Waals surface area (Å²) in [7, 11) is 1.86. The fourth-order valence-corrected chi connectivity index (χ4v) is 3.98. The first-order valence-corrected chi connectivity index (χ1v) is 9.90. The zero-order chi connectivity index (χ0) is 18.6. The Morgan fingerprint density at radius 3 is 2.65 bits per heavy atom. The number of nitrogens with one attached hydrogen (secondary N) is 1. The van der Waals surface area contributed by atoms with Gasteiger partial charge in [0.1, 0.15) is 5.54 Å². The lowest BCUT2D eigenvalue weighted by atomic mass is 9.83. The number of hydrogen-bond acceptors (Lipinski definition) is 5. The van der Waals surface area contributed by atoms with E-state index in [1.807, 2.05) is 23.7 Å². The Morgan fingerprint density at radius 2 is 2.00 bits per heavy atom. The van der Waals surface area contributed by atoms with Crippen molar-refractivity contribution in [2.24, 2.45) is 7.05 Å². The van der Waals surface area contributed by atoms with E-state index in [9.17, 15) is 10.1 Å². The van der Waals surface area contributed by atoms with Crippen molar-refractivity contribution in [3.05, 3.63) is 29.3 Å². The number of nitrogens with zero attached hydrogens (tertiary/aromatic N) is 4. The number of thioether (sulfide) groups is 1. The zero-order valence-electron chi connectivity index (χ0n) is 14.5. The Labute approximate surface area is 161 Å². The summed E-state index contributed by atoms with van der Waals surface area (Å²) in [6.45, 7) is 0. The Morgan fingerprint density at radius 1 is 1.31 bits per heavy atom. The number of nitriles is 1. The van der Waals surface area contributed by atoms with E-state index in [4.69, 9.17) is 11.6 Å². The number of carbonyl (C=O) groups excluding carboxylic acids is 1. The van der Waals surface area contributed by atoms with Crippen molar-refractivity contribution in [3.8, 4) is 17.5 Å². The normalized spacial score (nSPS) is 16.0. The van der Waals surface area contributed by atoms with E-state index >= 15 is 0 Å². The highest BCUT2D eigenvalue weighted by atomic mass is 35.5. The van der Waals surface area contributed by atoms with Gasteiger partial charge in [-0.1, -0.05) is 42.6 Å². The number of benzene rings is 1. The summed E-state index contributed by atoms with van der Waals surface area (Å²) in [5.41, 5.74) is 0.205. The molecular weight excluding hydrogens is 370 g/mol. The third-order valence-electron chi connectivity index (χ3n) is 4.57. The van der Waals surface area contributed by atoms with Gasteiger partial charge in [0.25, 0.3) is 0 Å². The van der Waals surface area contributed by atoms with Crippen molar-refractivity contribution in [1.82, 2.24) is 20.1 Å². The molecule has 0 unspecified atom stereocenters. The molecule has 1 saturated carbocycles. The summed E-state index contributed by atoms with van der Waals surface area (Å²) < 4.78 is 1.85. The van der Waals surface area contributed by atoms with Crippen molar-refractivity contribution >= 4 is 29.3 Å². The third-order valence-corrected chi connectivity index (χ3v) is 5.84. The Hall–Kier alpha value is -2.04. The maximum absolute atomic E-state index is 12.3. The number of halogens is 1. The molecular formula is C18H20ClN5OS. The number of rotatable bonds is 5. The van der Waals surface area contributed by atoms with Crippen molar-refractivity contribution in [3.63, 3.8) is 0 Å². The molecule has 6 nitrogen and oxygen atoms in total. The minimum Gasteiger partial charge on any atom is -0.337 e. The van der Waals surface area contributed by atoms with Gasteiger partial charge in [-0.2, -0.15) is 5.26 Å². The number of carbonyl (C=O) groups is 1. The van der Waals surface area contributed by atoms with Gasteiger partial charge in [0.2, 0.25) is 5.91 Å². The van der Waals surface area contributed by atoms with Crippen LogP contribution in [0.1, 0.15) is 32.1 Å². The van der Waals surface area contributed by atoms with Gasteiger partial charge in [0.15, 0.2) is 11.0 Å². The maximum atomic E-state index is 12.3. The van der Waals surface area contributed by atoms with Crippen molar-refractivity contribution in [2.45, 2.75) is 42.8 Å². The van der Waals surface area contributed by atoms with Gasteiger partial charge in [-0.15, -0.1) is 10.2 Å². The van der Waals surface area contributed by atoms with Crippen molar-refractivity contribution < 1.29 is 4.79 Å². The molecule has 8 heteroatoms. The predicted octanol–water partition coefficient (Wildman–Crippen LogP) is 3.57. The van der Waals surface area contributed by atoms with Crippen LogP contribution in [0.5, 0.6) is 0 Å². The Bertz CT molecular complexity index is 821. The second-order valence-electron chi connectivity index (χ2n) is 6.46. The van der Waals surface area contributed by atoms with E-state index in [-0.39, 0.29) is 11.7 Å². The summed E-state index contributed by atoms with van der Waals surface area (Å²) >= 11 is 7.23. The largest absolute Gasteiger partial charge is 0.337 e. The number of aromatic nitrogens is 3. The molecule has 26 heavy (non-hydrogen) atoms. The summed E-state index contributed by atoms with van der Waals surface area (Å²) in [6.07, 6.45) is 4.54. The van der Waals surface area contributed by atoms with Crippen LogP contribution in [0.3, 0.4) is 0 Å². The molecule has 3 rings (SSSR count). The molecule has 1 heterocycles. The summed E-state index contributed by atoms with van der Waals surface area (Å²) in [5, 5.41) is 22.1. The molecule has 0 saturated heterocycles. The van der Waals surface area contributed by atoms with Gasteiger partial charge in [0, 0.05) is 17.6 Å². The molecule has 1 aliphatic carbocycles. The van der Waals surface area contributed by atoms with Crippen LogP contribution in [0, 0.1) is 11.3 Å². The molecule has 136 valence electrons. The van der Waals surface area contributed by atoms with Crippen molar-refractivity contribution in [2.75, 3.05) is 5.75 Å². The maximum Gasteiger partial charge on any atom is 0.231 e. The fourth-order valence-electron chi connectivity index (χ4n) is 3.14. The lowest BCUT2D eigenvalue weighted by molar-refractivity contribution is -0.120. The smallest absolute Gasteiger partial charge is 0.231 e. The highest BCUT2D eigenvalue weighted by Crippen LogP contribution is 2.28. The summed E-state index contributed by atoms with van der Waals surface area (Å²) in [4.78, 5) is 12.3. The van der Waals surface area contributed by atoms with Crippen LogP contribution in [0.4, 0.5) is 0 Å². The highest BCUT2D eigenvalue weighted by molar-refractivity contribution is 7.99. The predicted molar refractivity (Wildman–Crippen MR) is 102 cm³/mol. The molecule has 0 aliphatic heterocycles. The van der Waals surface area contributed by atoms with Crippen LogP contribution < -0.4 is 5.32 Å². The van der Waals surface area contributed by atoms with Crippen LogP contribution in [0.25, 0.3) is 11.4 Å². The molecule has 1 fully saturated rings.